The molecule has 0 heterocycles. The molecule has 1 heteroatoms. The van der Waals surface area contributed by atoms with Gasteiger partial charge in [0, 0.05) is 6.42 Å². The van der Waals surface area contributed by atoms with Crippen LogP contribution in [0.25, 0.3) is 0 Å². The maximum absolute atomic E-state index is 11.1. The van der Waals surface area contributed by atoms with Crippen molar-refractivity contribution in [3.8, 4) is 0 Å². The van der Waals surface area contributed by atoms with E-state index in [1.807, 2.05) is 0 Å². The number of allylic oxidation sites excluding steroid dienone is 2. The first-order valence-corrected chi connectivity index (χ1v) is 3.49. The topological polar surface area (TPSA) is 17.1 Å². The van der Waals surface area contributed by atoms with E-state index in [-0.39, 0.29) is 5.41 Å². The van der Waals surface area contributed by atoms with E-state index < -0.39 is 0 Å². The van der Waals surface area contributed by atoms with Crippen LogP contribution in [-0.4, -0.2) is 5.78 Å². The summed E-state index contributed by atoms with van der Waals surface area (Å²) < 4.78 is 0. The molecule has 1 nitrogen and oxygen atoms in total. The van der Waals surface area contributed by atoms with Crippen molar-refractivity contribution in [2.24, 2.45) is 5.41 Å². The second kappa shape index (κ2) is 1.28. The number of Topliss-reactive ketones (excluding diaryl/α,β-unsaturated/α-hetero) is 1. The van der Waals surface area contributed by atoms with Gasteiger partial charge >= 0.3 is 0 Å². The van der Waals surface area contributed by atoms with Crippen LogP contribution in [0.1, 0.15) is 26.2 Å². The summed E-state index contributed by atoms with van der Waals surface area (Å²) in [4.78, 5) is 11.1. The van der Waals surface area contributed by atoms with Gasteiger partial charge in [0.15, 0.2) is 0 Å². The highest BCUT2D eigenvalue weighted by Crippen LogP contribution is 2.53. The molecule has 1 atom stereocenters. The lowest BCUT2D eigenvalue weighted by Gasteiger charge is -2.03. The van der Waals surface area contributed by atoms with Crippen molar-refractivity contribution in [1.82, 2.24) is 0 Å². The van der Waals surface area contributed by atoms with Crippen molar-refractivity contribution in [2.45, 2.75) is 26.2 Å². The fourth-order valence-electron chi connectivity index (χ4n) is 1.79. The van der Waals surface area contributed by atoms with E-state index >= 15 is 0 Å². The average molecular weight is 122 g/mol. The molecule has 0 aromatic heterocycles. The lowest BCUT2D eigenvalue weighted by molar-refractivity contribution is -0.121. The van der Waals surface area contributed by atoms with Crippen LogP contribution in [0.2, 0.25) is 0 Å². The molecule has 0 saturated heterocycles. The van der Waals surface area contributed by atoms with Crippen LogP contribution in [0.4, 0.5) is 0 Å². The number of hydrogen-bond acceptors (Lipinski definition) is 1. The molecule has 0 amide bonds. The third-order valence-electron chi connectivity index (χ3n) is 2.56. The lowest BCUT2D eigenvalue weighted by Crippen LogP contribution is -2.09. The van der Waals surface area contributed by atoms with E-state index in [4.69, 9.17) is 0 Å². The highest BCUT2D eigenvalue weighted by molar-refractivity contribution is 5.96. The Balaban J connectivity index is 2.24. The summed E-state index contributed by atoms with van der Waals surface area (Å²) in [6, 6.07) is 0. The van der Waals surface area contributed by atoms with Crippen LogP contribution in [0.15, 0.2) is 11.6 Å². The molecule has 2 rings (SSSR count). The van der Waals surface area contributed by atoms with Gasteiger partial charge in [-0.2, -0.15) is 0 Å². The van der Waals surface area contributed by atoms with Gasteiger partial charge in [-0.3, -0.25) is 4.79 Å². The molecule has 48 valence electrons. The Kier molecular flexibility index (Phi) is 0.743. The van der Waals surface area contributed by atoms with Gasteiger partial charge < -0.3 is 0 Å². The Morgan fingerprint density at radius 3 is 2.56 bits per heavy atom. The van der Waals surface area contributed by atoms with Crippen molar-refractivity contribution >= 4 is 5.78 Å². The predicted molar refractivity (Wildman–Crippen MR) is 35.0 cm³/mol. The minimum Gasteiger partial charge on any atom is -0.298 e. The van der Waals surface area contributed by atoms with Crippen molar-refractivity contribution in [3.63, 3.8) is 0 Å². The zero-order valence-corrected chi connectivity index (χ0v) is 5.61. The van der Waals surface area contributed by atoms with E-state index in [1.165, 1.54) is 5.57 Å². The summed E-state index contributed by atoms with van der Waals surface area (Å²) in [6.45, 7) is 2.06. The van der Waals surface area contributed by atoms with E-state index in [0.717, 1.165) is 19.3 Å². The first-order valence-electron chi connectivity index (χ1n) is 3.49. The largest absolute Gasteiger partial charge is 0.298 e. The van der Waals surface area contributed by atoms with Gasteiger partial charge in [-0.25, -0.2) is 0 Å². The molecule has 1 saturated carbocycles. The Morgan fingerprint density at radius 1 is 1.67 bits per heavy atom. The standard InChI is InChI=1S/C8H10O/c1-6-5-8(6)4-2-3-7(8)9/h5H,2-4H2,1H3. The summed E-state index contributed by atoms with van der Waals surface area (Å²) >= 11 is 0. The molecule has 0 bridgehead atoms. The summed E-state index contributed by atoms with van der Waals surface area (Å²) in [5, 5.41) is 0. The van der Waals surface area contributed by atoms with Crippen LogP contribution >= 0.6 is 0 Å². The lowest BCUT2D eigenvalue weighted by atomic mass is 9.98. The summed E-state index contributed by atoms with van der Waals surface area (Å²) in [7, 11) is 0. The fraction of sp³-hybridized carbons (Fsp3) is 0.625. The van der Waals surface area contributed by atoms with Gasteiger partial charge in [0.25, 0.3) is 0 Å². The van der Waals surface area contributed by atoms with E-state index in [1.54, 1.807) is 0 Å². The second-order valence-corrected chi connectivity index (χ2v) is 3.08. The van der Waals surface area contributed by atoms with E-state index in [0.29, 0.717) is 5.78 Å². The predicted octanol–water partition coefficient (Wildman–Crippen LogP) is 1.69. The molecule has 9 heavy (non-hydrogen) atoms. The Hall–Kier alpha value is -0.590. The highest BCUT2D eigenvalue weighted by atomic mass is 16.1. The van der Waals surface area contributed by atoms with Crippen molar-refractivity contribution in [1.29, 1.82) is 0 Å². The molecular formula is C8H10O. The molecular weight excluding hydrogens is 112 g/mol. The van der Waals surface area contributed by atoms with Gasteiger partial charge in [-0.1, -0.05) is 11.6 Å². The van der Waals surface area contributed by atoms with Gasteiger partial charge in [-0.05, 0) is 19.8 Å². The Labute approximate surface area is 54.8 Å². The van der Waals surface area contributed by atoms with Crippen LogP contribution in [0.5, 0.6) is 0 Å². The number of hydrogen-bond donors (Lipinski definition) is 0. The molecule has 0 aromatic rings. The molecule has 2 aliphatic rings. The Bertz CT molecular complexity index is 203. The molecule has 0 aliphatic heterocycles. The van der Waals surface area contributed by atoms with Gasteiger partial charge in [-0.15, -0.1) is 0 Å². The molecule has 0 radical (unpaired) electrons. The van der Waals surface area contributed by atoms with Crippen molar-refractivity contribution < 1.29 is 4.79 Å². The molecule has 0 aromatic carbocycles. The summed E-state index contributed by atoms with van der Waals surface area (Å²) in [6.07, 6.45) is 5.13. The maximum atomic E-state index is 11.1. The average Bonchev–Trinajstić information content (AvgIpc) is 2.29. The zero-order valence-electron chi connectivity index (χ0n) is 5.61. The Morgan fingerprint density at radius 2 is 2.33 bits per heavy atom. The second-order valence-electron chi connectivity index (χ2n) is 3.08. The van der Waals surface area contributed by atoms with E-state index in [9.17, 15) is 4.79 Å². The van der Waals surface area contributed by atoms with E-state index in [2.05, 4.69) is 13.0 Å². The first kappa shape index (κ1) is 5.21. The number of rotatable bonds is 0. The van der Waals surface area contributed by atoms with Crippen LogP contribution in [-0.2, 0) is 4.79 Å². The van der Waals surface area contributed by atoms with Crippen LogP contribution in [0, 0.1) is 5.41 Å². The quantitative estimate of drug-likeness (QED) is 0.447. The van der Waals surface area contributed by atoms with Crippen LogP contribution < -0.4 is 0 Å². The monoisotopic (exact) mass is 122 g/mol. The first-order chi connectivity index (χ1) is 4.26. The molecule has 1 fully saturated rings. The normalized spacial score (nSPS) is 39.7. The smallest absolute Gasteiger partial charge is 0.146 e. The summed E-state index contributed by atoms with van der Waals surface area (Å²) in [5.74, 6) is 0.458. The summed E-state index contributed by atoms with van der Waals surface area (Å²) in [5.41, 5.74) is 1.32. The third-order valence-corrected chi connectivity index (χ3v) is 2.56. The number of carbonyl (C=O) groups is 1. The number of carbonyl (C=O) groups excluding carboxylic acids is 1. The fourth-order valence-corrected chi connectivity index (χ4v) is 1.79. The molecule has 1 spiro atoms. The van der Waals surface area contributed by atoms with Gasteiger partial charge in [0.05, 0.1) is 5.41 Å². The highest BCUT2D eigenvalue weighted by Gasteiger charge is 2.49. The maximum Gasteiger partial charge on any atom is 0.146 e. The van der Waals surface area contributed by atoms with Crippen molar-refractivity contribution in [2.75, 3.05) is 0 Å². The molecule has 1 unspecified atom stereocenters. The van der Waals surface area contributed by atoms with Gasteiger partial charge in [0.2, 0.25) is 0 Å². The minimum absolute atomic E-state index is 0.0139. The number of ketones is 1. The minimum atomic E-state index is 0.0139. The van der Waals surface area contributed by atoms with Crippen LogP contribution in [0.3, 0.4) is 0 Å². The third kappa shape index (κ3) is 0.473. The van der Waals surface area contributed by atoms with Crippen molar-refractivity contribution in [3.05, 3.63) is 11.6 Å². The molecule has 0 N–H and O–H groups in total. The zero-order chi connectivity index (χ0) is 6.48. The molecule has 2 aliphatic carbocycles. The SMILES string of the molecule is CC1=CC12CCCC2=O. The van der Waals surface area contributed by atoms with Gasteiger partial charge in [0.1, 0.15) is 5.78 Å².